The molecule has 8 nitrogen and oxygen atoms in total. The summed E-state index contributed by atoms with van der Waals surface area (Å²) >= 11 is 0. The summed E-state index contributed by atoms with van der Waals surface area (Å²) in [7, 11) is 0. The quantitative estimate of drug-likeness (QED) is 0.319. The molecular formula is C15H30N4O4. The predicted octanol–water partition coefficient (Wildman–Crippen LogP) is -1.14. The van der Waals surface area contributed by atoms with Crippen molar-refractivity contribution in [1.82, 2.24) is 10.2 Å². The first kappa shape index (κ1) is 19.8. The van der Waals surface area contributed by atoms with Crippen LogP contribution in [0.3, 0.4) is 0 Å². The number of carboxylic acids is 1. The first-order chi connectivity index (χ1) is 10.9. The zero-order valence-corrected chi connectivity index (χ0v) is 13.8. The summed E-state index contributed by atoms with van der Waals surface area (Å²) in [5.74, 6) is -1.60. The summed E-state index contributed by atoms with van der Waals surface area (Å²) < 4.78 is 0. The van der Waals surface area contributed by atoms with Crippen LogP contribution in [-0.4, -0.2) is 70.9 Å². The molecule has 134 valence electrons. The van der Waals surface area contributed by atoms with Gasteiger partial charge in [-0.25, -0.2) is 4.79 Å². The van der Waals surface area contributed by atoms with Crippen molar-refractivity contribution >= 4 is 11.9 Å². The number of aliphatic hydroxyl groups excluding tert-OH is 1. The Morgan fingerprint density at radius 3 is 2.65 bits per heavy atom. The first-order valence-corrected chi connectivity index (χ1v) is 8.27. The van der Waals surface area contributed by atoms with E-state index in [1.54, 1.807) is 0 Å². The molecule has 0 spiro atoms. The Morgan fingerprint density at radius 2 is 2.09 bits per heavy atom. The van der Waals surface area contributed by atoms with E-state index < -0.39 is 18.1 Å². The highest BCUT2D eigenvalue weighted by Gasteiger charge is 2.34. The van der Waals surface area contributed by atoms with Gasteiger partial charge in [0.15, 0.2) is 6.04 Å². The smallest absolute Gasteiger partial charge is 0.328 e. The van der Waals surface area contributed by atoms with E-state index in [9.17, 15) is 14.7 Å². The van der Waals surface area contributed by atoms with Gasteiger partial charge in [0, 0.05) is 12.6 Å². The largest absolute Gasteiger partial charge is 0.480 e. The molecule has 0 saturated carbocycles. The van der Waals surface area contributed by atoms with Gasteiger partial charge >= 0.3 is 5.97 Å². The van der Waals surface area contributed by atoms with Crippen molar-refractivity contribution in [1.29, 1.82) is 0 Å². The van der Waals surface area contributed by atoms with Gasteiger partial charge in [0.25, 0.3) is 0 Å². The van der Waals surface area contributed by atoms with Gasteiger partial charge in [0.2, 0.25) is 5.91 Å². The molecule has 0 aromatic rings. The predicted molar refractivity (Wildman–Crippen MR) is 86.7 cm³/mol. The number of nitrogens with zero attached hydrogens (tertiary/aromatic N) is 1. The molecule has 4 atom stereocenters. The molecule has 7 N–H and O–H groups in total. The standard InChI is InChI=1S/C15H30N4O4/c1-10(20)13(15(22)23)18-14(21)12-6-4-8-19(12)9-11(17)5-2-3-7-16/h10-13,20H,2-9,16-17H2,1H3,(H,18,21)(H,22,23)/t10-,11+,12+,13+/m1/s1. The summed E-state index contributed by atoms with van der Waals surface area (Å²) in [6, 6.07) is -1.69. The highest BCUT2D eigenvalue weighted by molar-refractivity contribution is 5.87. The number of likely N-dealkylation sites (tertiary alicyclic amines) is 1. The van der Waals surface area contributed by atoms with Crippen molar-refractivity contribution in [3.63, 3.8) is 0 Å². The number of aliphatic carboxylic acids is 1. The molecule has 0 aliphatic carbocycles. The van der Waals surface area contributed by atoms with Crippen LogP contribution in [0.5, 0.6) is 0 Å². The van der Waals surface area contributed by atoms with E-state index in [4.69, 9.17) is 16.6 Å². The Labute approximate surface area is 137 Å². The van der Waals surface area contributed by atoms with Crippen molar-refractivity contribution in [2.24, 2.45) is 11.5 Å². The van der Waals surface area contributed by atoms with Gasteiger partial charge in [-0.1, -0.05) is 6.42 Å². The van der Waals surface area contributed by atoms with Gasteiger partial charge in [0.05, 0.1) is 12.1 Å². The number of aliphatic hydroxyl groups is 1. The maximum Gasteiger partial charge on any atom is 0.328 e. The molecular weight excluding hydrogens is 300 g/mol. The third kappa shape index (κ3) is 6.42. The Morgan fingerprint density at radius 1 is 1.39 bits per heavy atom. The molecule has 0 unspecified atom stereocenters. The number of carbonyl (C=O) groups excluding carboxylic acids is 1. The number of hydrogen-bond donors (Lipinski definition) is 5. The summed E-state index contributed by atoms with van der Waals surface area (Å²) in [5, 5.41) is 20.9. The minimum Gasteiger partial charge on any atom is -0.480 e. The van der Waals surface area contributed by atoms with Crippen LogP contribution >= 0.6 is 0 Å². The number of carboxylic acid groups (broad SMARTS) is 1. The van der Waals surface area contributed by atoms with Crippen LogP contribution in [0.15, 0.2) is 0 Å². The lowest BCUT2D eigenvalue weighted by Gasteiger charge is -2.28. The number of unbranched alkanes of at least 4 members (excludes halogenated alkanes) is 1. The zero-order valence-electron chi connectivity index (χ0n) is 13.8. The number of hydrogen-bond acceptors (Lipinski definition) is 6. The Bertz CT molecular complexity index is 392. The Hall–Kier alpha value is -1.22. The molecule has 1 fully saturated rings. The summed E-state index contributed by atoms with van der Waals surface area (Å²) in [6.07, 6.45) is 3.16. The average Bonchev–Trinajstić information content (AvgIpc) is 2.92. The van der Waals surface area contributed by atoms with Crippen molar-refractivity contribution in [3.05, 3.63) is 0 Å². The molecule has 0 bridgehead atoms. The lowest BCUT2D eigenvalue weighted by Crippen LogP contribution is -2.54. The van der Waals surface area contributed by atoms with Crippen LogP contribution in [0.25, 0.3) is 0 Å². The SMILES string of the molecule is C[C@@H](O)[C@H](NC(=O)[C@@H]1CCCN1C[C@@H](N)CCCCN)C(=O)O. The van der Waals surface area contributed by atoms with E-state index in [2.05, 4.69) is 5.32 Å². The molecule has 1 amide bonds. The van der Waals surface area contributed by atoms with Gasteiger partial charge < -0.3 is 27.0 Å². The highest BCUT2D eigenvalue weighted by Crippen LogP contribution is 2.18. The maximum absolute atomic E-state index is 12.3. The van der Waals surface area contributed by atoms with Crippen LogP contribution in [0, 0.1) is 0 Å². The summed E-state index contributed by atoms with van der Waals surface area (Å²) in [4.78, 5) is 25.4. The van der Waals surface area contributed by atoms with Crippen LogP contribution < -0.4 is 16.8 Å². The van der Waals surface area contributed by atoms with E-state index in [1.165, 1.54) is 6.92 Å². The summed E-state index contributed by atoms with van der Waals surface area (Å²) in [5.41, 5.74) is 11.6. The monoisotopic (exact) mass is 330 g/mol. The molecule has 1 heterocycles. The first-order valence-electron chi connectivity index (χ1n) is 8.27. The van der Waals surface area contributed by atoms with Gasteiger partial charge in [-0.2, -0.15) is 0 Å². The van der Waals surface area contributed by atoms with Crippen LogP contribution in [0.2, 0.25) is 0 Å². The Balaban J connectivity index is 2.53. The van der Waals surface area contributed by atoms with Crippen LogP contribution in [0.4, 0.5) is 0 Å². The van der Waals surface area contributed by atoms with Crippen molar-refractivity contribution < 1.29 is 19.8 Å². The highest BCUT2D eigenvalue weighted by atomic mass is 16.4. The fourth-order valence-electron chi connectivity index (χ4n) is 2.92. The molecule has 23 heavy (non-hydrogen) atoms. The third-order valence-corrected chi connectivity index (χ3v) is 4.21. The van der Waals surface area contributed by atoms with Gasteiger partial charge in [-0.3, -0.25) is 9.69 Å². The summed E-state index contributed by atoms with van der Waals surface area (Å²) in [6.45, 7) is 3.38. The minimum atomic E-state index is -1.29. The zero-order chi connectivity index (χ0) is 17.4. The topological polar surface area (TPSA) is 142 Å². The molecule has 0 radical (unpaired) electrons. The molecule has 8 heteroatoms. The van der Waals surface area contributed by atoms with Crippen molar-refractivity contribution in [2.75, 3.05) is 19.6 Å². The molecule has 1 aliphatic rings. The molecule has 0 aromatic carbocycles. The van der Waals surface area contributed by atoms with Crippen LogP contribution in [0.1, 0.15) is 39.0 Å². The normalized spacial score (nSPS) is 22.5. The molecule has 0 aromatic heterocycles. The second-order valence-electron chi connectivity index (χ2n) is 6.26. The number of nitrogens with two attached hydrogens (primary N) is 2. The van der Waals surface area contributed by atoms with Crippen LogP contribution in [-0.2, 0) is 9.59 Å². The van der Waals surface area contributed by atoms with E-state index in [-0.39, 0.29) is 18.0 Å². The number of carbonyl (C=O) groups is 2. The fourth-order valence-corrected chi connectivity index (χ4v) is 2.92. The van der Waals surface area contributed by atoms with E-state index in [0.717, 1.165) is 32.2 Å². The van der Waals surface area contributed by atoms with E-state index in [0.29, 0.717) is 19.5 Å². The second-order valence-corrected chi connectivity index (χ2v) is 6.26. The number of rotatable bonds is 10. The van der Waals surface area contributed by atoms with Gasteiger partial charge in [-0.05, 0) is 45.7 Å². The van der Waals surface area contributed by atoms with Gasteiger partial charge in [-0.15, -0.1) is 0 Å². The third-order valence-electron chi connectivity index (χ3n) is 4.21. The average molecular weight is 330 g/mol. The van der Waals surface area contributed by atoms with E-state index >= 15 is 0 Å². The Kier molecular flexibility index (Phi) is 8.46. The second kappa shape index (κ2) is 9.82. The van der Waals surface area contributed by atoms with Crippen molar-refractivity contribution in [3.8, 4) is 0 Å². The number of nitrogens with one attached hydrogen (secondary N) is 1. The molecule has 1 rings (SSSR count). The lowest BCUT2D eigenvalue weighted by molar-refractivity contribution is -0.145. The molecule has 1 aliphatic heterocycles. The van der Waals surface area contributed by atoms with Gasteiger partial charge in [0.1, 0.15) is 0 Å². The van der Waals surface area contributed by atoms with E-state index in [1.807, 2.05) is 4.90 Å². The molecule has 1 saturated heterocycles. The number of amides is 1. The van der Waals surface area contributed by atoms with Crippen molar-refractivity contribution in [2.45, 2.75) is 63.3 Å². The maximum atomic E-state index is 12.3. The lowest BCUT2D eigenvalue weighted by atomic mass is 10.1. The minimum absolute atomic E-state index is 0.0259. The fraction of sp³-hybridized carbons (Fsp3) is 0.867.